The largest absolute Gasteiger partial charge is 0.493 e. The van der Waals surface area contributed by atoms with Gasteiger partial charge in [0.05, 0.1) is 7.11 Å². The summed E-state index contributed by atoms with van der Waals surface area (Å²) in [4.78, 5) is 23.7. The van der Waals surface area contributed by atoms with E-state index < -0.39 is 0 Å². The third-order valence-corrected chi connectivity index (χ3v) is 4.11. The van der Waals surface area contributed by atoms with E-state index in [1.807, 2.05) is 38.1 Å². The summed E-state index contributed by atoms with van der Waals surface area (Å²) in [5, 5.41) is 5.37. The standard InChI is InChI=1S/C21H26N2O5/c1-15-7-6-10-17(16(15)2)27-13-20(24)22-11-12-23-21(25)14-28-19-9-5-4-8-18(19)26-3/h4-10H,11-14H2,1-3H3,(H,22,24)(H,23,25). The van der Waals surface area contributed by atoms with Crippen molar-refractivity contribution in [2.75, 3.05) is 33.4 Å². The van der Waals surface area contributed by atoms with E-state index in [2.05, 4.69) is 10.6 Å². The second kappa shape index (κ2) is 10.8. The molecule has 0 spiro atoms. The highest BCUT2D eigenvalue weighted by Crippen LogP contribution is 2.25. The van der Waals surface area contributed by atoms with E-state index in [1.165, 1.54) is 7.11 Å². The molecule has 7 heteroatoms. The van der Waals surface area contributed by atoms with Crippen molar-refractivity contribution in [2.24, 2.45) is 0 Å². The maximum Gasteiger partial charge on any atom is 0.258 e. The molecule has 0 aliphatic carbocycles. The Kier molecular flexibility index (Phi) is 8.14. The molecule has 0 aromatic heterocycles. The van der Waals surface area contributed by atoms with Gasteiger partial charge < -0.3 is 24.8 Å². The summed E-state index contributed by atoms with van der Waals surface area (Å²) in [6.07, 6.45) is 0. The van der Waals surface area contributed by atoms with E-state index >= 15 is 0 Å². The molecule has 150 valence electrons. The predicted octanol–water partition coefficient (Wildman–Crippen LogP) is 2.00. The summed E-state index contributed by atoms with van der Waals surface area (Å²) in [6.45, 7) is 4.33. The molecule has 0 radical (unpaired) electrons. The molecule has 0 saturated heterocycles. The molecule has 0 aliphatic heterocycles. The van der Waals surface area contributed by atoms with Gasteiger partial charge in [-0.2, -0.15) is 0 Å². The van der Waals surface area contributed by atoms with Crippen molar-refractivity contribution in [1.82, 2.24) is 10.6 Å². The minimum atomic E-state index is -0.285. The molecule has 2 N–H and O–H groups in total. The van der Waals surface area contributed by atoms with Gasteiger partial charge in [-0.05, 0) is 43.2 Å². The van der Waals surface area contributed by atoms with Crippen molar-refractivity contribution < 1.29 is 23.8 Å². The quantitative estimate of drug-likeness (QED) is 0.610. The smallest absolute Gasteiger partial charge is 0.258 e. The third-order valence-electron chi connectivity index (χ3n) is 4.11. The molecular weight excluding hydrogens is 360 g/mol. The monoisotopic (exact) mass is 386 g/mol. The Hall–Kier alpha value is -3.22. The topological polar surface area (TPSA) is 85.9 Å². The number of benzene rings is 2. The van der Waals surface area contributed by atoms with Gasteiger partial charge in [-0.1, -0.05) is 24.3 Å². The van der Waals surface area contributed by atoms with Crippen LogP contribution in [0.15, 0.2) is 42.5 Å². The van der Waals surface area contributed by atoms with Gasteiger partial charge in [-0.15, -0.1) is 0 Å². The van der Waals surface area contributed by atoms with Crippen LogP contribution in [0.1, 0.15) is 11.1 Å². The molecule has 7 nitrogen and oxygen atoms in total. The van der Waals surface area contributed by atoms with Gasteiger partial charge in [0, 0.05) is 13.1 Å². The van der Waals surface area contributed by atoms with Crippen LogP contribution >= 0.6 is 0 Å². The average Bonchev–Trinajstić information content (AvgIpc) is 2.71. The van der Waals surface area contributed by atoms with Crippen molar-refractivity contribution >= 4 is 11.8 Å². The second-order valence-corrected chi connectivity index (χ2v) is 6.13. The number of hydrogen-bond acceptors (Lipinski definition) is 5. The van der Waals surface area contributed by atoms with E-state index in [0.717, 1.165) is 11.1 Å². The van der Waals surface area contributed by atoms with E-state index in [9.17, 15) is 9.59 Å². The summed E-state index contributed by atoms with van der Waals surface area (Å²) in [5.41, 5.74) is 2.12. The van der Waals surface area contributed by atoms with Gasteiger partial charge in [0.1, 0.15) is 5.75 Å². The molecule has 2 rings (SSSR count). The Bertz CT molecular complexity index is 807. The van der Waals surface area contributed by atoms with Crippen LogP contribution in [0.25, 0.3) is 0 Å². The Morgan fingerprint density at radius 3 is 1.93 bits per heavy atom. The fourth-order valence-electron chi connectivity index (χ4n) is 2.41. The Morgan fingerprint density at radius 2 is 1.32 bits per heavy atom. The first-order chi connectivity index (χ1) is 13.5. The Morgan fingerprint density at radius 1 is 0.786 bits per heavy atom. The van der Waals surface area contributed by atoms with Crippen LogP contribution in [0.2, 0.25) is 0 Å². The zero-order chi connectivity index (χ0) is 20.4. The molecule has 2 aromatic rings. The molecule has 0 heterocycles. The van der Waals surface area contributed by atoms with Crippen LogP contribution in [-0.2, 0) is 9.59 Å². The highest BCUT2D eigenvalue weighted by Gasteiger charge is 2.08. The fraction of sp³-hybridized carbons (Fsp3) is 0.333. The lowest BCUT2D eigenvalue weighted by atomic mass is 10.1. The van der Waals surface area contributed by atoms with Crippen molar-refractivity contribution in [1.29, 1.82) is 0 Å². The lowest BCUT2D eigenvalue weighted by Gasteiger charge is -2.12. The maximum absolute atomic E-state index is 11.9. The maximum atomic E-state index is 11.9. The van der Waals surface area contributed by atoms with Gasteiger partial charge in [0.25, 0.3) is 11.8 Å². The highest BCUT2D eigenvalue weighted by atomic mass is 16.5. The molecule has 0 saturated carbocycles. The highest BCUT2D eigenvalue weighted by molar-refractivity contribution is 5.78. The van der Waals surface area contributed by atoms with Crippen LogP contribution < -0.4 is 24.8 Å². The molecule has 0 atom stereocenters. The number of nitrogens with one attached hydrogen (secondary N) is 2. The molecule has 0 aliphatic rings. The third kappa shape index (κ3) is 6.50. The predicted molar refractivity (Wildman–Crippen MR) is 106 cm³/mol. The second-order valence-electron chi connectivity index (χ2n) is 6.13. The van der Waals surface area contributed by atoms with Crippen molar-refractivity contribution in [3.05, 3.63) is 53.6 Å². The normalized spacial score (nSPS) is 10.1. The minimum absolute atomic E-state index is 0.0743. The van der Waals surface area contributed by atoms with Crippen LogP contribution in [0.4, 0.5) is 0 Å². The zero-order valence-corrected chi connectivity index (χ0v) is 16.4. The first-order valence-electron chi connectivity index (χ1n) is 8.99. The minimum Gasteiger partial charge on any atom is -0.493 e. The van der Waals surface area contributed by atoms with Gasteiger partial charge in [0.15, 0.2) is 24.7 Å². The Balaban J connectivity index is 1.62. The number of methoxy groups -OCH3 is 1. The van der Waals surface area contributed by atoms with Crippen molar-refractivity contribution in [3.63, 3.8) is 0 Å². The van der Waals surface area contributed by atoms with Crippen molar-refractivity contribution in [2.45, 2.75) is 13.8 Å². The lowest BCUT2D eigenvalue weighted by molar-refractivity contribution is -0.124. The number of carbonyl (C=O) groups is 2. The Labute approximate surface area is 165 Å². The summed E-state index contributed by atoms with van der Waals surface area (Å²) >= 11 is 0. The number of para-hydroxylation sites is 2. The first-order valence-corrected chi connectivity index (χ1v) is 8.99. The molecule has 2 aromatic carbocycles. The van der Waals surface area contributed by atoms with Gasteiger partial charge in [0.2, 0.25) is 0 Å². The van der Waals surface area contributed by atoms with Crippen LogP contribution in [-0.4, -0.2) is 45.2 Å². The molecular formula is C21H26N2O5. The van der Waals surface area contributed by atoms with E-state index in [0.29, 0.717) is 30.3 Å². The number of amides is 2. The molecule has 0 bridgehead atoms. The van der Waals surface area contributed by atoms with E-state index in [-0.39, 0.29) is 25.0 Å². The van der Waals surface area contributed by atoms with Crippen molar-refractivity contribution in [3.8, 4) is 17.2 Å². The molecule has 2 amide bonds. The van der Waals surface area contributed by atoms with E-state index in [1.54, 1.807) is 18.2 Å². The number of carbonyl (C=O) groups excluding carboxylic acids is 2. The van der Waals surface area contributed by atoms with Crippen LogP contribution in [0, 0.1) is 13.8 Å². The van der Waals surface area contributed by atoms with E-state index in [4.69, 9.17) is 14.2 Å². The lowest BCUT2D eigenvalue weighted by Crippen LogP contribution is -2.38. The number of rotatable bonds is 10. The van der Waals surface area contributed by atoms with Gasteiger partial charge >= 0.3 is 0 Å². The summed E-state index contributed by atoms with van der Waals surface area (Å²) in [6, 6.07) is 12.8. The summed E-state index contributed by atoms with van der Waals surface area (Å²) in [5.74, 6) is 1.22. The van der Waals surface area contributed by atoms with Crippen LogP contribution in [0.3, 0.4) is 0 Å². The summed E-state index contributed by atoms with van der Waals surface area (Å²) in [7, 11) is 1.54. The molecule has 0 unspecified atom stereocenters. The first kappa shape index (κ1) is 21.1. The SMILES string of the molecule is COc1ccccc1OCC(=O)NCCNC(=O)COc1cccc(C)c1C. The summed E-state index contributed by atoms with van der Waals surface area (Å²) < 4.78 is 16.1. The molecule has 0 fully saturated rings. The number of hydrogen-bond donors (Lipinski definition) is 2. The fourth-order valence-corrected chi connectivity index (χ4v) is 2.41. The average molecular weight is 386 g/mol. The van der Waals surface area contributed by atoms with Gasteiger partial charge in [-0.3, -0.25) is 9.59 Å². The van der Waals surface area contributed by atoms with Gasteiger partial charge in [-0.25, -0.2) is 0 Å². The zero-order valence-electron chi connectivity index (χ0n) is 16.4. The van der Waals surface area contributed by atoms with Crippen LogP contribution in [0.5, 0.6) is 17.2 Å². The molecule has 28 heavy (non-hydrogen) atoms. The number of ether oxygens (including phenoxy) is 3. The number of aryl methyl sites for hydroxylation is 1.